The number of hydrogen-bond acceptors (Lipinski definition) is 4. The predicted octanol–water partition coefficient (Wildman–Crippen LogP) is 10.0. The molecule has 2 heterocycles. The summed E-state index contributed by atoms with van der Waals surface area (Å²) in [5.41, 5.74) is 12.7. The van der Waals surface area contributed by atoms with E-state index in [1.54, 1.807) is 24.4 Å². The van der Waals surface area contributed by atoms with Gasteiger partial charge in [-0.15, -0.1) is 0 Å². The Morgan fingerprint density at radius 1 is 1.21 bits per heavy atom. The van der Waals surface area contributed by atoms with Crippen molar-refractivity contribution < 1.29 is 13.2 Å². The fourth-order valence-electron chi connectivity index (χ4n) is 5.93. The monoisotopic (exact) mass is 610 g/mol. The fraction of sp³-hybridized carbons (Fsp3) is 0.400. The molecule has 0 amide bonds. The number of nitrogens with zero attached hydrogens (tertiary/aromatic N) is 2. The third kappa shape index (κ3) is 8.35. The second-order valence-electron chi connectivity index (χ2n) is 12.1. The molecule has 1 aliphatic carbocycles. The maximum atomic E-state index is 13.1. The first-order valence-electron chi connectivity index (χ1n) is 14.9. The zero-order valence-corrected chi connectivity index (χ0v) is 25.9. The van der Waals surface area contributed by atoms with Crippen LogP contribution in [0.3, 0.4) is 0 Å². The minimum Gasteiger partial charge on any atom is -0.397 e. The van der Waals surface area contributed by atoms with Crippen LogP contribution < -0.4 is 11.1 Å². The third-order valence-electron chi connectivity index (χ3n) is 8.66. The van der Waals surface area contributed by atoms with Crippen molar-refractivity contribution in [3.05, 3.63) is 107 Å². The average molecular weight is 611 g/mol. The van der Waals surface area contributed by atoms with E-state index in [1.165, 1.54) is 19.3 Å². The lowest BCUT2D eigenvalue weighted by molar-refractivity contribution is -0.134. The van der Waals surface area contributed by atoms with Crippen LogP contribution in [0, 0.1) is 5.41 Å². The summed E-state index contributed by atoms with van der Waals surface area (Å²) in [7, 11) is 0. The number of aromatic nitrogens is 1. The first kappa shape index (κ1) is 32.5. The second kappa shape index (κ2) is 13.5. The van der Waals surface area contributed by atoms with Crippen molar-refractivity contribution >= 4 is 28.6 Å². The number of nitrogens with two attached hydrogens (primary N) is 1. The van der Waals surface area contributed by atoms with Gasteiger partial charge in [0, 0.05) is 29.0 Å². The van der Waals surface area contributed by atoms with Gasteiger partial charge in [0.15, 0.2) is 0 Å². The Balaban J connectivity index is 1.62. The third-order valence-corrected chi connectivity index (χ3v) is 8.89. The largest absolute Gasteiger partial charge is 0.397 e. The van der Waals surface area contributed by atoms with Crippen LogP contribution in [0.5, 0.6) is 0 Å². The van der Waals surface area contributed by atoms with Crippen molar-refractivity contribution in [3.63, 3.8) is 0 Å². The molecule has 2 aromatic rings. The molecule has 1 unspecified atom stereocenters. The number of benzene rings is 1. The summed E-state index contributed by atoms with van der Waals surface area (Å²) >= 11 is 6.35. The smallest absolute Gasteiger partial charge is 0.389 e. The topological polar surface area (TPSA) is 54.2 Å². The number of aryl methyl sites for hydroxylation is 1. The Bertz CT molecular complexity index is 1420. The molecule has 1 atom stereocenters. The Hall–Kier alpha value is -3.45. The van der Waals surface area contributed by atoms with Gasteiger partial charge < -0.3 is 16.0 Å². The molecule has 1 aromatic carbocycles. The fourth-order valence-corrected chi connectivity index (χ4v) is 6.10. The highest BCUT2D eigenvalue weighted by Gasteiger charge is 2.33. The molecule has 4 nitrogen and oxygen atoms in total. The molecule has 43 heavy (non-hydrogen) atoms. The van der Waals surface area contributed by atoms with Crippen molar-refractivity contribution in [2.24, 2.45) is 11.1 Å². The zero-order valence-electron chi connectivity index (χ0n) is 25.2. The van der Waals surface area contributed by atoms with E-state index >= 15 is 0 Å². The molecule has 0 radical (unpaired) electrons. The van der Waals surface area contributed by atoms with E-state index in [4.69, 9.17) is 17.3 Å². The summed E-state index contributed by atoms with van der Waals surface area (Å²) in [6.07, 6.45) is 8.03. The first-order valence-corrected chi connectivity index (χ1v) is 15.3. The molecule has 0 spiro atoms. The number of anilines is 1. The summed E-state index contributed by atoms with van der Waals surface area (Å²) in [5.74, 6) is 0. The minimum absolute atomic E-state index is 0.108. The van der Waals surface area contributed by atoms with Gasteiger partial charge in [-0.05, 0) is 96.6 Å². The van der Waals surface area contributed by atoms with Gasteiger partial charge in [0.25, 0.3) is 0 Å². The Labute approximate surface area is 258 Å². The van der Waals surface area contributed by atoms with E-state index < -0.39 is 12.6 Å². The molecule has 230 valence electrons. The van der Waals surface area contributed by atoms with E-state index in [2.05, 4.69) is 48.1 Å². The normalized spacial score (nSPS) is 17.1. The molecule has 8 heteroatoms. The standard InChI is InChI=1S/C35H42ClF3N4/c1-6-26-22-43(23(2)19-30(26)31-20-28(36)11-10-27(31)14-18-35(37,38)39)33(9-7-15-34(5)16-8-17-34)25(4)42-29-12-13-32(24(3)40)41-21-29/h10-13,19-22,33,42H,2-4,6-9,14-18,40H2,1,5H3. The lowest BCUT2D eigenvalue weighted by Crippen LogP contribution is -2.36. The lowest BCUT2D eigenvalue weighted by atomic mass is 9.67. The van der Waals surface area contributed by atoms with Crippen LogP contribution >= 0.6 is 11.6 Å². The van der Waals surface area contributed by atoms with Crippen LogP contribution in [0.1, 0.15) is 82.0 Å². The van der Waals surface area contributed by atoms with E-state index in [-0.39, 0.29) is 12.5 Å². The summed E-state index contributed by atoms with van der Waals surface area (Å²) in [6.45, 7) is 17.0. The Morgan fingerprint density at radius 3 is 2.53 bits per heavy atom. The summed E-state index contributed by atoms with van der Waals surface area (Å²) in [4.78, 5) is 6.53. The number of hydrogen-bond donors (Lipinski definition) is 2. The van der Waals surface area contributed by atoms with Crippen molar-refractivity contribution in [2.75, 3.05) is 5.32 Å². The highest BCUT2D eigenvalue weighted by atomic mass is 35.5. The molecule has 1 fully saturated rings. The van der Waals surface area contributed by atoms with Crippen molar-refractivity contribution in [1.29, 1.82) is 0 Å². The summed E-state index contributed by atoms with van der Waals surface area (Å²) in [6, 6.07) is 8.71. The highest BCUT2D eigenvalue weighted by molar-refractivity contribution is 6.30. The maximum absolute atomic E-state index is 13.1. The number of rotatable bonds is 13. The molecular formula is C35H42ClF3N4. The van der Waals surface area contributed by atoms with Crippen LogP contribution in [0.25, 0.3) is 11.3 Å². The number of halogens is 4. The first-order chi connectivity index (χ1) is 20.3. The number of alkyl halides is 3. The van der Waals surface area contributed by atoms with Crippen molar-refractivity contribution in [2.45, 2.75) is 83.9 Å². The highest BCUT2D eigenvalue weighted by Crippen LogP contribution is 2.45. The van der Waals surface area contributed by atoms with Gasteiger partial charge in [0.05, 0.1) is 29.3 Å². The quantitative estimate of drug-likeness (QED) is 0.237. The van der Waals surface area contributed by atoms with E-state index in [1.807, 2.05) is 25.1 Å². The molecule has 2 aliphatic rings. The lowest BCUT2D eigenvalue weighted by Gasteiger charge is -2.40. The summed E-state index contributed by atoms with van der Waals surface area (Å²) < 4.78 is 39.4. The van der Waals surface area contributed by atoms with Crippen LogP contribution in [0.2, 0.25) is 5.02 Å². The molecule has 1 saturated carbocycles. The van der Waals surface area contributed by atoms with Crippen LogP contribution in [-0.4, -0.2) is 22.1 Å². The van der Waals surface area contributed by atoms with Gasteiger partial charge >= 0.3 is 6.18 Å². The Kier molecular flexibility index (Phi) is 10.2. The van der Waals surface area contributed by atoms with E-state index in [9.17, 15) is 13.2 Å². The van der Waals surface area contributed by atoms with Crippen LogP contribution in [0.15, 0.2) is 85.5 Å². The predicted molar refractivity (Wildman–Crippen MR) is 173 cm³/mol. The Morgan fingerprint density at radius 2 is 1.95 bits per heavy atom. The van der Waals surface area contributed by atoms with Crippen LogP contribution in [0.4, 0.5) is 18.9 Å². The molecule has 4 rings (SSSR count). The SMILES string of the molecule is C=C(N)c1ccc(NC(=C)C(CCCC2(C)CCC2)N2C=C(CC)C(c3cc(Cl)ccc3CCC(F)(F)F)=CC2=C)cn1. The number of pyridine rings is 1. The van der Waals surface area contributed by atoms with Gasteiger partial charge in [0.2, 0.25) is 0 Å². The van der Waals surface area contributed by atoms with E-state index in [0.29, 0.717) is 39.4 Å². The van der Waals surface area contributed by atoms with Gasteiger partial charge in [-0.1, -0.05) is 64.1 Å². The van der Waals surface area contributed by atoms with Gasteiger partial charge in [-0.3, -0.25) is 4.98 Å². The summed E-state index contributed by atoms with van der Waals surface area (Å²) in [5, 5.41) is 3.92. The minimum atomic E-state index is -4.24. The molecule has 3 N–H and O–H groups in total. The molecule has 0 saturated heterocycles. The van der Waals surface area contributed by atoms with Crippen molar-refractivity contribution in [3.8, 4) is 0 Å². The molecular weight excluding hydrogens is 569 g/mol. The maximum Gasteiger partial charge on any atom is 0.389 e. The van der Waals surface area contributed by atoms with Crippen molar-refractivity contribution in [1.82, 2.24) is 9.88 Å². The average Bonchev–Trinajstić information content (AvgIpc) is 2.93. The van der Waals surface area contributed by atoms with Crippen LogP contribution in [-0.2, 0) is 6.42 Å². The molecule has 1 aliphatic heterocycles. The van der Waals surface area contributed by atoms with Gasteiger partial charge in [-0.2, -0.15) is 13.2 Å². The zero-order chi connectivity index (χ0) is 31.4. The molecule has 1 aromatic heterocycles. The number of allylic oxidation sites excluding steroid dienone is 3. The second-order valence-corrected chi connectivity index (χ2v) is 12.5. The molecule has 0 bridgehead atoms. The van der Waals surface area contributed by atoms with E-state index in [0.717, 1.165) is 47.5 Å². The van der Waals surface area contributed by atoms with Gasteiger partial charge in [0.1, 0.15) is 0 Å². The van der Waals surface area contributed by atoms with Gasteiger partial charge in [-0.25, -0.2) is 0 Å². The number of nitrogens with one attached hydrogen (secondary N) is 1.